The summed E-state index contributed by atoms with van der Waals surface area (Å²) in [5.41, 5.74) is 0.920. The predicted octanol–water partition coefficient (Wildman–Crippen LogP) is 1.80. The van der Waals surface area contributed by atoms with Crippen molar-refractivity contribution in [1.82, 2.24) is 10.2 Å². The highest BCUT2D eigenvalue weighted by atomic mass is 16.3. The van der Waals surface area contributed by atoms with Crippen molar-refractivity contribution >= 4 is 5.91 Å². The first-order valence-corrected chi connectivity index (χ1v) is 6.23. The van der Waals surface area contributed by atoms with E-state index in [9.17, 15) is 4.79 Å². The Morgan fingerprint density at radius 1 is 1.59 bits per heavy atom. The van der Waals surface area contributed by atoms with Gasteiger partial charge >= 0.3 is 0 Å². The molecule has 2 heterocycles. The summed E-state index contributed by atoms with van der Waals surface area (Å²) < 4.78 is 5.29. The molecule has 1 aromatic heterocycles. The molecule has 1 aliphatic heterocycles. The van der Waals surface area contributed by atoms with Crippen LogP contribution in [-0.4, -0.2) is 37.0 Å². The molecule has 0 saturated carbocycles. The zero-order valence-corrected chi connectivity index (χ0v) is 10.5. The average Bonchev–Trinajstić information content (AvgIpc) is 2.76. The molecule has 1 amide bonds. The van der Waals surface area contributed by atoms with E-state index in [0.717, 1.165) is 31.5 Å². The fourth-order valence-electron chi connectivity index (χ4n) is 2.44. The maximum atomic E-state index is 12.4. The normalized spacial score (nSPS) is 20.6. The molecule has 0 aliphatic carbocycles. The summed E-state index contributed by atoms with van der Waals surface area (Å²) in [6.07, 6.45) is 4.95. The van der Waals surface area contributed by atoms with Crippen molar-refractivity contribution in [3.63, 3.8) is 0 Å². The van der Waals surface area contributed by atoms with E-state index >= 15 is 0 Å². The van der Waals surface area contributed by atoms with Gasteiger partial charge in [-0.3, -0.25) is 4.79 Å². The molecule has 4 nitrogen and oxygen atoms in total. The standard InChI is InChI=1S/C13H20N2O2/c1-10-6-8-17-12(10)13(16)15-7-4-3-5-11(15)9-14-2/h6,8,11,14H,3-5,7,9H2,1-2H3. The number of carbonyl (C=O) groups excluding carboxylic acids is 1. The van der Waals surface area contributed by atoms with Crippen LogP contribution in [0.5, 0.6) is 0 Å². The van der Waals surface area contributed by atoms with E-state index in [1.54, 1.807) is 6.26 Å². The Balaban J connectivity index is 2.14. The number of likely N-dealkylation sites (tertiary alicyclic amines) is 1. The summed E-state index contributed by atoms with van der Waals surface area (Å²) in [4.78, 5) is 14.3. The number of piperidine rings is 1. The second-order valence-corrected chi connectivity index (χ2v) is 4.64. The van der Waals surface area contributed by atoms with Gasteiger partial charge in [0.15, 0.2) is 5.76 Å². The molecular formula is C13H20N2O2. The molecule has 1 saturated heterocycles. The first-order valence-electron chi connectivity index (χ1n) is 6.23. The SMILES string of the molecule is CNCC1CCCCN1C(=O)c1occc1C. The Hall–Kier alpha value is -1.29. The van der Waals surface area contributed by atoms with Crippen molar-refractivity contribution < 1.29 is 9.21 Å². The second-order valence-electron chi connectivity index (χ2n) is 4.64. The monoisotopic (exact) mass is 236 g/mol. The largest absolute Gasteiger partial charge is 0.459 e. The van der Waals surface area contributed by atoms with Crippen molar-refractivity contribution in [3.8, 4) is 0 Å². The van der Waals surface area contributed by atoms with Crippen LogP contribution in [0.2, 0.25) is 0 Å². The fourth-order valence-corrected chi connectivity index (χ4v) is 2.44. The Morgan fingerprint density at radius 2 is 2.41 bits per heavy atom. The van der Waals surface area contributed by atoms with Gasteiger partial charge in [0.05, 0.1) is 6.26 Å². The number of carbonyl (C=O) groups is 1. The first kappa shape index (κ1) is 12.2. The minimum atomic E-state index is 0.0347. The van der Waals surface area contributed by atoms with E-state index in [4.69, 9.17) is 4.42 Å². The van der Waals surface area contributed by atoms with Crippen molar-refractivity contribution in [2.24, 2.45) is 0 Å². The highest BCUT2D eigenvalue weighted by Gasteiger charge is 2.29. The molecule has 94 valence electrons. The van der Waals surface area contributed by atoms with E-state index in [0.29, 0.717) is 11.8 Å². The van der Waals surface area contributed by atoms with Gasteiger partial charge in [-0.25, -0.2) is 0 Å². The average molecular weight is 236 g/mol. The number of likely N-dealkylation sites (N-methyl/N-ethyl adjacent to an activating group) is 1. The molecule has 17 heavy (non-hydrogen) atoms. The van der Waals surface area contributed by atoms with Gasteiger partial charge in [-0.05, 0) is 39.3 Å². The van der Waals surface area contributed by atoms with E-state index < -0.39 is 0 Å². The molecule has 0 radical (unpaired) electrons. The van der Waals surface area contributed by atoms with Crippen molar-refractivity contribution in [2.45, 2.75) is 32.2 Å². The lowest BCUT2D eigenvalue weighted by molar-refractivity contribution is 0.0581. The molecule has 0 aromatic carbocycles. The third-order valence-corrected chi connectivity index (χ3v) is 3.38. The van der Waals surface area contributed by atoms with Gasteiger partial charge in [-0.15, -0.1) is 0 Å². The van der Waals surface area contributed by atoms with Crippen LogP contribution in [-0.2, 0) is 0 Å². The van der Waals surface area contributed by atoms with E-state index in [1.165, 1.54) is 6.42 Å². The third kappa shape index (κ3) is 2.52. The topological polar surface area (TPSA) is 45.5 Å². The van der Waals surface area contributed by atoms with Crippen LogP contribution >= 0.6 is 0 Å². The molecule has 1 aromatic rings. The van der Waals surface area contributed by atoms with E-state index in [1.807, 2.05) is 24.9 Å². The van der Waals surface area contributed by atoms with Crippen molar-refractivity contribution in [3.05, 3.63) is 23.7 Å². The molecule has 1 aliphatic rings. The quantitative estimate of drug-likeness (QED) is 0.870. The number of hydrogen-bond acceptors (Lipinski definition) is 3. The number of amides is 1. The Kier molecular flexibility index (Phi) is 3.84. The zero-order valence-electron chi connectivity index (χ0n) is 10.5. The highest BCUT2D eigenvalue weighted by Crippen LogP contribution is 2.21. The molecule has 1 N–H and O–H groups in total. The molecule has 0 spiro atoms. The van der Waals surface area contributed by atoms with E-state index in [-0.39, 0.29) is 5.91 Å². The van der Waals surface area contributed by atoms with Crippen LogP contribution in [0.3, 0.4) is 0 Å². The fraction of sp³-hybridized carbons (Fsp3) is 0.615. The van der Waals surface area contributed by atoms with Gasteiger partial charge in [0.1, 0.15) is 0 Å². The van der Waals surface area contributed by atoms with Gasteiger partial charge in [0, 0.05) is 24.7 Å². The highest BCUT2D eigenvalue weighted by molar-refractivity contribution is 5.93. The summed E-state index contributed by atoms with van der Waals surface area (Å²) in [7, 11) is 1.93. The summed E-state index contributed by atoms with van der Waals surface area (Å²) in [5, 5.41) is 3.16. The molecule has 0 bridgehead atoms. The zero-order chi connectivity index (χ0) is 12.3. The number of furan rings is 1. The lowest BCUT2D eigenvalue weighted by Gasteiger charge is -2.35. The number of aryl methyl sites for hydroxylation is 1. The first-order chi connectivity index (χ1) is 8.24. The van der Waals surface area contributed by atoms with Crippen molar-refractivity contribution in [1.29, 1.82) is 0 Å². The molecule has 1 atom stereocenters. The lowest BCUT2D eigenvalue weighted by atomic mass is 10.0. The van der Waals surface area contributed by atoms with Gasteiger partial charge in [0.2, 0.25) is 0 Å². The number of hydrogen-bond donors (Lipinski definition) is 1. The van der Waals surface area contributed by atoms with Crippen LogP contribution in [0.1, 0.15) is 35.4 Å². The minimum Gasteiger partial charge on any atom is -0.459 e. The van der Waals surface area contributed by atoms with Gasteiger partial charge in [-0.2, -0.15) is 0 Å². The summed E-state index contributed by atoms with van der Waals surface area (Å²) >= 11 is 0. The van der Waals surface area contributed by atoms with E-state index in [2.05, 4.69) is 5.32 Å². The van der Waals surface area contributed by atoms with Crippen LogP contribution in [0.15, 0.2) is 16.7 Å². The lowest BCUT2D eigenvalue weighted by Crippen LogP contribution is -2.48. The second kappa shape index (κ2) is 5.36. The molecule has 1 fully saturated rings. The number of rotatable bonds is 3. The smallest absolute Gasteiger partial charge is 0.290 e. The van der Waals surface area contributed by atoms with Crippen LogP contribution in [0.25, 0.3) is 0 Å². The van der Waals surface area contributed by atoms with Gasteiger partial charge < -0.3 is 14.6 Å². The predicted molar refractivity (Wildman–Crippen MR) is 66.0 cm³/mol. The Morgan fingerprint density at radius 3 is 3.06 bits per heavy atom. The van der Waals surface area contributed by atoms with Gasteiger partial charge in [-0.1, -0.05) is 0 Å². The minimum absolute atomic E-state index is 0.0347. The summed E-state index contributed by atoms with van der Waals surface area (Å²) in [5.74, 6) is 0.528. The summed E-state index contributed by atoms with van der Waals surface area (Å²) in [6.45, 7) is 3.60. The Bertz CT molecular complexity index is 385. The maximum Gasteiger partial charge on any atom is 0.290 e. The van der Waals surface area contributed by atoms with Crippen molar-refractivity contribution in [2.75, 3.05) is 20.1 Å². The third-order valence-electron chi connectivity index (χ3n) is 3.38. The summed E-state index contributed by atoms with van der Waals surface area (Å²) in [6, 6.07) is 2.13. The van der Waals surface area contributed by atoms with Gasteiger partial charge in [0.25, 0.3) is 5.91 Å². The number of nitrogens with zero attached hydrogens (tertiary/aromatic N) is 1. The van der Waals surface area contributed by atoms with Crippen LogP contribution in [0.4, 0.5) is 0 Å². The molecule has 4 heteroatoms. The number of nitrogens with one attached hydrogen (secondary N) is 1. The van der Waals surface area contributed by atoms with Crippen LogP contribution in [0, 0.1) is 6.92 Å². The Labute approximate surface area is 102 Å². The maximum absolute atomic E-state index is 12.4. The molecular weight excluding hydrogens is 216 g/mol. The molecule has 2 rings (SSSR count). The molecule has 1 unspecified atom stereocenters. The van der Waals surface area contributed by atoms with Crippen LogP contribution < -0.4 is 5.32 Å².